The molecule has 1 aliphatic carbocycles. The third kappa shape index (κ3) is 3.38. The van der Waals surface area contributed by atoms with Crippen LogP contribution < -0.4 is 4.74 Å². The topological polar surface area (TPSA) is 60.4 Å². The Bertz CT molecular complexity index is 1140. The summed E-state index contributed by atoms with van der Waals surface area (Å²) in [4.78, 5) is 14.7. The second-order valence-corrected chi connectivity index (χ2v) is 9.95. The van der Waals surface area contributed by atoms with Gasteiger partial charge in [-0.15, -0.1) is 11.3 Å². The Morgan fingerprint density at radius 1 is 0.893 bits per heavy atom. The number of benzene rings is 2. The van der Waals surface area contributed by atoms with Gasteiger partial charge in [-0.05, 0) is 65.9 Å². The zero-order chi connectivity index (χ0) is 19.9. The first-order chi connectivity index (χ1) is 13.4. The number of fused-ring (bicyclic) bond motifs is 1. The highest BCUT2D eigenvalue weighted by atomic mass is 32.2. The van der Waals surface area contributed by atoms with Crippen molar-refractivity contribution in [3.05, 3.63) is 59.0 Å². The van der Waals surface area contributed by atoms with Crippen molar-refractivity contribution in [1.82, 2.24) is 0 Å². The van der Waals surface area contributed by atoms with Crippen LogP contribution in [-0.4, -0.2) is 27.6 Å². The van der Waals surface area contributed by atoms with Gasteiger partial charge in [0.05, 0.1) is 16.9 Å². The molecule has 1 heterocycles. The summed E-state index contributed by atoms with van der Waals surface area (Å²) in [5, 5.41) is 0. The fourth-order valence-electron chi connectivity index (χ4n) is 3.59. The highest BCUT2D eigenvalue weighted by molar-refractivity contribution is 7.90. The summed E-state index contributed by atoms with van der Waals surface area (Å²) in [5.41, 5.74) is 4.08. The smallest absolute Gasteiger partial charge is 0.175 e. The van der Waals surface area contributed by atoms with E-state index >= 15 is 0 Å². The van der Waals surface area contributed by atoms with Crippen LogP contribution >= 0.6 is 11.3 Å². The summed E-state index contributed by atoms with van der Waals surface area (Å²) in [6.45, 7) is 0. The molecule has 2 aromatic carbocycles. The van der Waals surface area contributed by atoms with Gasteiger partial charge in [-0.3, -0.25) is 4.79 Å². The molecule has 144 valence electrons. The average Bonchev–Trinajstić information content (AvgIpc) is 3.08. The predicted molar refractivity (Wildman–Crippen MR) is 112 cm³/mol. The number of ether oxygens (including phenoxy) is 1. The van der Waals surface area contributed by atoms with E-state index in [1.165, 1.54) is 17.6 Å². The molecule has 0 fully saturated rings. The fourth-order valence-corrected chi connectivity index (χ4v) is 5.56. The van der Waals surface area contributed by atoms with Crippen LogP contribution in [0.15, 0.2) is 53.4 Å². The number of Topliss-reactive ketones (excluding diaryl/α,β-unsaturated/α-hetero) is 1. The molecule has 0 radical (unpaired) electrons. The van der Waals surface area contributed by atoms with E-state index < -0.39 is 9.84 Å². The Morgan fingerprint density at radius 2 is 1.54 bits per heavy atom. The van der Waals surface area contributed by atoms with Gasteiger partial charge in [0.25, 0.3) is 0 Å². The minimum atomic E-state index is -3.25. The van der Waals surface area contributed by atoms with Crippen molar-refractivity contribution in [2.24, 2.45) is 0 Å². The van der Waals surface area contributed by atoms with Crippen LogP contribution in [0.25, 0.3) is 21.6 Å². The van der Waals surface area contributed by atoms with Gasteiger partial charge in [0.2, 0.25) is 0 Å². The van der Waals surface area contributed by atoms with Gasteiger partial charge in [0, 0.05) is 23.1 Å². The van der Waals surface area contributed by atoms with Crippen molar-refractivity contribution >= 4 is 27.0 Å². The third-order valence-electron chi connectivity index (χ3n) is 5.01. The Kier molecular flexibility index (Phi) is 4.85. The molecule has 0 saturated carbocycles. The zero-order valence-electron chi connectivity index (χ0n) is 15.7. The predicted octanol–water partition coefficient (Wildman–Crippen LogP) is 5.01. The van der Waals surface area contributed by atoms with Crippen molar-refractivity contribution < 1.29 is 17.9 Å². The van der Waals surface area contributed by atoms with Gasteiger partial charge >= 0.3 is 0 Å². The molecule has 1 aliphatic rings. The van der Waals surface area contributed by atoms with Crippen LogP contribution in [0.2, 0.25) is 0 Å². The number of hydrogen-bond acceptors (Lipinski definition) is 5. The molecule has 4 rings (SSSR count). The van der Waals surface area contributed by atoms with E-state index in [1.807, 2.05) is 36.4 Å². The van der Waals surface area contributed by atoms with Crippen molar-refractivity contribution in [2.75, 3.05) is 13.4 Å². The molecule has 0 amide bonds. The molecule has 0 N–H and O–H groups in total. The number of carbonyl (C=O) groups is 1. The quantitative estimate of drug-likeness (QED) is 0.604. The summed E-state index contributed by atoms with van der Waals surface area (Å²) in [7, 11) is -1.62. The number of thiophene rings is 1. The van der Waals surface area contributed by atoms with Gasteiger partial charge in [-0.2, -0.15) is 0 Å². The van der Waals surface area contributed by atoms with Crippen LogP contribution in [0, 0.1) is 0 Å². The van der Waals surface area contributed by atoms with Crippen molar-refractivity contribution in [1.29, 1.82) is 0 Å². The first kappa shape index (κ1) is 18.9. The summed E-state index contributed by atoms with van der Waals surface area (Å²) in [6.07, 6.45) is 3.49. The van der Waals surface area contributed by atoms with E-state index in [0.29, 0.717) is 11.3 Å². The highest BCUT2D eigenvalue weighted by Gasteiger charge is 2.27. The lowest BCUT2D eigenvalue weighted by molar-refractivity contribution is 0.0977. The van der Waals surface area contributed by atoms with E-state index in [2.05, 4.69) is 0 Å². The zero-order valence-corrected chi connectivity index (χ0v) is 17.3. The van der Waals surface area contributed by atoms with E-state index in [4.69, 9.17) is 4.74 Å². The molecule has 0 saturated heterocycles. The molecule has 4 nitrogen and oxygen atoms in total. The first-order valence-electron chi connectivity index (χ1n) is 9.02. The maximum absolute atomic E-state index is 12.5. The molecular weight excluding hydrogens is 392 g/mol. The van der Waals surface area contributed by atoms with Gasteiger partial charge in [0.1, 0.15) is 5.75 Å². The molecule has 0 unspecified atom stereocenters. The monoisotopic (exact) mass is 412 g/mol. The highest BCUT2D eigenvalue weighted by Crippen LogP contribution is 2.46. The van der Waals surface area contributed by atoms with E-state index in [9.17, 15) is 13.2 Å². The number of carbonyl (C=O) groups excluding carboxylic acids is 1. The van der Waals surface area contributed by atoms with E-state index in [-0.39, 0.29) is 5.78 Å². The third-order valence-corrected chi connectivity index (χ3v) is 7.46. The Balaban J connectivity index is 1.90. The normalized spacial score (nSPS) is 14.0. The Hall–Kier alpha value is -2.44. The first-order valence-corrected chi connectivity index (χ1v) is 11.7. The van der Waals surface area contributed by atoms with Gasteiger partial charge in [0.15, 0.2) is 15.6 Å². The lowest BCUT2D eigenvalue weighted by Crippen LogP contribution is -2.07. The van der Waals surface area contributed by atoms with Gasteiger partial charge < -0.3 is 4.74 Å². The number of sulfone groups is 1. The summed E-state index contributed by atoms with van der Waals surface area (Å²) < 4.78 is 28.9. The van der Waals surface area contributed by atoms with Crippen molar-refractivity contribution in [3.8, 4) is 27.3 Å². The molecule has 0 spiro atoms. The van der Waals surface area contributed by atoms with Gasteiger partial charge in [-0.1, -0.05) is 12.1 Å². The van der Waals surface area contributed by atoms with Crippen LogP contribution in [0.1, 0.15) is 28.1 Å². The average molecular weight is 413 g/mol. The maximum atomic E-state index is 12.5. The molecule has 0 bridgehead atoms. The van der Waals surface area contributed by atoms with Gasteiger partial charge in [-0.25, -0.2) is 8.42 Å². The minimum absolute atomic E-state index is 0.194. The second-order valence-electron chi connectivity index (χ2n) is 6.92. The number of rotatable bonds is 4. The molecule has 0 atom stereocenters. The van der Waals surface area contributed by atoms with Crippen molar-refractivity contribution in [3.63, 3.8) is 0 Å². The molecule has 1 aromatic heterocycles. The Morgan fingerprint density at radius 3 is 2.14 bits per heavy atom. The van der Waals surface area contributed by atoms with E-state index in [0.717, 1.165) is 50.6 Å². The summed E-state index contributed by atoms with van der Waals surface area (Å²) in [5.74, 6) is 0.972. The maximum Gasteiger partial charge on any atom is 0.175 e. The van der Waals surface area contributed by atoms with Crippen molar-refractivity contribution in [2.45, 2.75) is 24.2 Å². The minimum Gasteiger partial charge on any atom is -0.497 e. The molecular formula is C22H20O4S2. The lowest BCUT2D eigenvalue weighted by Gasteiger charge is -2.13. The number of ketones is 1. The van der Waals surface area contributed by atoms with E-state index in [1.54, 1.807) is 19.2 Å². The molecule has 6 heteroatoms. The van der Waals surface area contributed by atoms with Crippen LogP contribution in [-0.2, 0) is 16.3 Å². The van der Waals surface area contributed by atoms with Crippen LogP contribution in [0.4, 0.5) is 0 Å². The standard InChI is InChI=1S/C22H20O4S2/c1-26-16-10-6-15(7-11-16)21-20(18-4-3-5-19(23)22(18)27-21)14-8-12-17(13-9-14)28(2,24)25/h6-13H,3-5H2,1-2H3. The van der Waals surface area contributed by atoms with Crippen LogP contribution in [0.5, 0.6) is 5.75 Å². The molecule has 0 aliphatic heterocycles. The second kappa shape index (κ2) is 7.18. The number of methoxy groups -OCH3 is 1. The fraction of sp³-hybridized carbons (Fsp3) is 0.227. The molecule has 3 aromatic rings. The summed E-state index contributed by atoms with van der Waals surface area (Å²) >= 11 is 1.53. The van der Waals surface area contributed by atoms with Crippen LogP contribution in [0.3, 0.4) is 0 Å². The SMILES string of the molecule is COc1ccc(-c2sc3c(c2-c2ccc(S(C)(=O)=O)cc2)CCCC3=O)cc1. The number of hydrogen-bond donors (Lipinski definition) is 0. The molecule has 28 heavy (non-hydrogen) atoms. The summed E-state index contributed by atoms with van der Waals surface area (Å²) in [6, 6.07) is 14.8. The largest absolute Gasteiger partial charge is 0.497 e. The lowest BCUT2D eigenvalue weighted by atomic mass is 9.90. The Labute approximate surface area is 168 Å².